The molecule has 1 unspecified atom stereocenters. The Labute approximate surface area is 156 Å². The molecule has 4 aromatic rings. The smallest absolute Gasteiger partial charge is 0.281 e. The molecule has 0 spiro atoms. The van der Waals surface area contributed by atoms with E-state index in [2.05, 4.69) is 19.9 Å². The molecule has 0 aliphatic heterocycles. The number of halogens is 2. The third-order valence-electron chi connectivity index (χ3n) is 3.99. The van der Waals surface area contributed by atoms with E-state index in [0.29, 0.717) is 27.8 Å². The average molecular weight is 385 g/mol. The van der Waals surface area contributed by atoms with Gasteiger partial charge in [-0.05, 0) is 23.3 Å². The first-order valence-corrected chi connectivity index (χ1v) is 9.47. The molecule has 1 atom stereocenters. The molecule has 0 aliphatic carbocycles. The van der Waals surface area contributed by atoms with Crippen LogP contribution in [-0.2, 0) is 11.2 Å². The van der Waals surface area contributed by atoms with Gasteiger partial charge in [0.1, 0.15) is 17.6 Å². The van der Waals surface area contributed by atoms with E-state index in [0.717, 1.165) is 5.56 Å². The summed E-state index contributed by atoms with van der Waals surface area (Å²) in [5.74, 6) is 0.342. The Bertz CT molecular complexity index is 1120. The molecule has 136 valence electrons. The molecule has 3 heterocycles. The number of rotatable bonds is 4. The zero-order chi connectivity index (χ0) is 19.0. The molecule has 0 amide bonds. The largest absolute Gasteiger partial charge is 0.612 e. The number of benzene rings is 1. The van der Waals surface area contributed by atoms with Crippen LogP contribution in [0.5, 0.6) is 0 Å². The Morgan fingerprint density at radius 1 is 1.11 bits per heavy atom. The standard InChI is InChI=1S/C18H13F2N5OS/c1-27(26)12-4-2-3-11(7-12)13-5-6-21-18(24-13)15-8-23-16-9-22-14(17(19)20)10-25(15)16/h2-10,17H,1H3. The Morgan fingerprint density at radius 2 is 1.96 bits per heavy atom. The number of imidazole rings is 1. The van der Waals surface area contributed by atoms with Crippen molar-refractivity contribution in [2.24, 2.45) is 0 Å². The van der Waals surface area contributed by atoms with Gasteiger partial charge in [-0.25, -0.2) is 28.7 Å². The number of alkyl halides is 2. The average Bonchev–Trinajstić information content (AvgIpc) is 3.11. The molecule has 0 saturated heterocycles. The fourth-order valence-electron chi connectivity index (χ4n) is 2.66. The molecule has 6 nitrogen and oxygen atoms in total. The second-order valence-electron chi connectivity index (χ2n) is 5.73. The van der Waals surface area contributed by atoms with E-state index in [4.69, 9.17) is 0 Å². The third kappa shape index (κ3) is 3.38. The second kappa shape index (κ2) is 7.01. The molecule has 0 aliphatic rings. The summed E-state index contributed by atoms with van der Waals surface area (Å²) in [4.78, 5) is 17.3. The predicted octanol–water partition coefficient (Wildman–Crippen LogP) is 3.53. The highest BCUT2D eigenvalue weighted by molar-refractivity contribution is 7.90. The fourth-order valence-corrected chi connectivity index (χ4v) is 3.22. The van der Waals surface area contributed by atoms with Gasteiger partial charge in [0, 0.05) is 24.0 Å². The van der Waals surface area contributed by atoms with Gasteiger partial charge in [-0.3, -0.25) is 4.40 Å². The zero-order valence-corrected chi connectivity index (χ0v) is 14.9. The van der Waals surface area contributed by atoms with Crippen LogP contribution in [-0.4, -0.2) is 35.1 Å². The van der Waals surface area contributed by atoms with Crippen molar-refractivity contribution in [3.05, 3.63) is 60.8 Å². The zero-order valence-electron chi connectivity index (χ0n) is 14.1. The van der Waals surface area contributed by atoms with Gasteiger partial charge in [0.15, 0.2) is 16.4 Å². The van der Waals surface area contributed by atoms with E-state index in [1.165, 1.54) is 23.0 Å². The molecule has 0 fully saturated rings. The van der Waals surface area contributed by atoms with Gasteiger partial charge < -0.3 is 4.55 Å². The van der Waals surface area contributed by atoms with E-state index in [9.17, 15) is 13.3 Å². The van der Waals surface area contributed by atoms with Crippen LogP contribution in [0, 0.1) is 0 Å². The first kappa shape index (κ1) is 17.5. The first-order valence-electron chi connectivity index (χ1n) is 7.91. The van der Waals surface area contributed by atoms with Crippen molar-refractivity contribution in [1.82, 2.24) is 24.3 Å². The van der Waals surface area contributed by atoms with E-state index in [1.807, 2.05) is 12.1 Å². The van der Waals surface area contributed by atoms with Gasteiger partial charge in [0.25, 0.3) is 6.43 Å². The van der Waals surface area contributed by atoms with E-state index in [-0.39, 0.29) is 5.69 Å². The first-order chi connectivity index (χ1) is 13.0. The monoisotopic (exact) mass is 385 g/mol. The van der Waals surface area contributed by atoms with Gasteiger partial charge in [-0.15, -0.1) is 0 Å². The van der Waals surface area contributed by atoms with Gasteiger partial charge in [0.2, 0.25) is 0 Å². The molecule has 3 aromatic heterocycles. The van der Waals surface area contributed by atoms with Gasteiger partial charge in [-0.1, -0.05) is 12.1 Å². The van der Waals surface area contributed by atoms with Crippen molar-refractivity contribution < 1.29 is 13.3 Å². The molecular weight excluding hydrogens is 372 g/mol. The van der Waals surface area contributed by atoms with Crippen molar-refractivity contribution in [3.8, 4) is 22.8 Å². The molecule has 0 radical (unpaired) electrons. The van der Waals surface area contributed by atoms with Crippen LogP contribution in [0.1, 0.15) is 12.1 Å². The summed E-state index contributed by atoms with van der Waals surface area (Å²) in [6.45, 7) is 0. The maximum absolute atomic E-state index is 13.0. The number of nitrogens with zero attached hydrogens (tertiary/aromatic N) is 5. The summed E-state index contributed by atoms with van der Waals surface area (Å²) in [7, 11) is 0. The van der Waals surface area contributed by atoms with Crippen LogP contribution >= 0.6 is 0 Å². The highest BCUT2D eigenvalue weighted by Crippen LogP contribution is 2.25. The van der Waals surface area contributed by atoms with E-state index < -0.39 is 17.6 Å². The minimum absolute atomic E-state index is 0.342. The fraction of sp³-hybridized carbons (Fsp3) is 0.111. The maximum atomic E-state index is 13.0. The Hall–Kier alpha value is -2.91. The lowest BCUT2D eigenvalue weighted by atomic mass is 10.1. The SMILES string of the molecule is C[S+]([O-])c1cccc(-c2ccnc(-c3cnc4cnc(C(F)F)cn34)n2)c1. The van der Waals surface area contributed by atoms with Crippen LogP contribution in [0.25, 0.3) is 28.4 Å². The van der Waals surface area contributed by atoms with Gasteiger partial charge in [-0.2, -0.15) is 0 Å². The topological polar surface area (TPSA) is 79.0 Å². The number of hydrogen-bond acceptors (Lipinski definition) is 5. The minimum Gasteiger partial charge on any atom is -0.612 e. The van der Waals surface area contributed by atoms with Crippen molar-refractivity contribution in [1.29, 1.82) is 0 Å². The Balaban J connectivity index is 1.80. The van der Waals surface area contributed by atoms with E-state index in [1.54, 1.807) is 30.7 Å². The molecule has 0 N–H and O–H groups in total. The lowest BCUT2D eigenvalue weighted by Crippen LogP contribution is -1.99. The normalized spacial score (nSPS) is 12.6. The molecule has 0 saturated carbocycles. The number of aromatic nitrogens is 5. The minimum atomic E-state index is -2.69. The summed E-state index contributed by atoms with van der Waals surface area (Å²) in [5, 5.41) is 0. The van der Waals surface area contributed by atoms with Crippen LogP contribution in [0.3, 0.4) is 0 Å². The van der Waals surface area contributed by atoms with Crippen molar-refractivity contribution in [2.75, 3.05) is 6.26 Å². The third-order valence-corrected chi connectivity index (χ3v) is 4.90. The Kier molecular flexibility index (Phi) is 4.54. The van der Waals surface area contributed by atoms with Crippen molar-refractivity contribution >= 4 is 16.8 Å². The highest BCUT2D eigenvalue weighted by atomic mass is 32.2. The molecule has 1 aromatic carbocycles. The highest BCUT2D eigenvalue weighted by Gasteiger charge is 2.15. The molecule has 4 rings (SSSR count). The number of fused-ring (bicyclic) bond motifs is 1. The summed E-state index contributed by atoms with van der Waals surface area (Å²) in [6.07, 6.45) is 4.55. The number of hydrogen-bond donors (Lipinski definition) is 0. The van der Waals surface area contributed by atoms with Crippen LogP contribution in [0.15, 0.2) is 60.0 Å². The predicted molar refractivity (Wildman–Crippen MR) is 96.7 cm³/mol. The molecule has 0 bridgehead atoms. The summed E-state index contributed by atoms with van der Waals surface area (Å²) < 4.78 is 39.1. The Morgan fingerprint density at radius 3 is 2.74 bits per heavy atom. The summed E-state index contributed by atoms with van der Waals surface area (Å²) in [5.41, 5.74) is 1.97. The quantitative estimate of drug-likeness (QED) is 0.502. The van der Waals surface area contributed by atoms with Crippen LogP contribution in [0.4, 0.5) is 8.78 Å². The van der Waals surface area contributed by atoms with Crippen molar-refractivity contribution in [2.45, 2.75) is 11.3 Å². The molecular formula is C18H13F2N5OS. The molecule has 9 heteroatoms. The van der Waals surface area contributed by atoms with Crippen LogP contribution in [0.2, 0.25) is 0 Å². The summed E-state index contributed by atoms with van der Waals surface area (Å²) in [6, 6.07) is 8.98. The van der Waals surface area contributed by atoms with E-state index >= 15 is 0 Å². The van der Waals surface area contributed by atoms with Crippen LogP contribution < -0.4 is 0 Å². The second-order valence-corrected chi connectivity index (χ2v) is 7.11. The lowest BCUT2D eigenvalue weighted by Gasteiger charge is -2.07. The van der Waals surface area contributed by atoms with Crippen molar-refractivity contribution in [3.63, 3.8) is 0 Å². The maximum Gasteiger partial charge on any atom is 0.281 e. The summed E-state index contributed by atoms with van der Waals surface area (Å²) >= 11 is -1.11. The van der Waals surface area contributed by atoms with Gasteiger partial charge >= 0.3 is 0 Å². The lowest BCUT2D eigenvalue weighted by molar-refractivity contribution is 0.145. The van der Waals surface area contributed by atoms with Gasteiger partial charge in [0.05, 0.1) is 18.1 Å². The molecule has 27 heavy (non-hydrogen) atoms.